The Labute approximate surface area is 112 Å². The number of terminal acetylenes is 1. The fourth-order valence-corrected chi connectivity index (χ4v) is 1.73. The van der Waals surface area contributed by atoms with Crippen LogP contribution in [0.25, 0.3) is 0 Å². The largest absolute Gasteiger partial charge is 0.344 e. The molecule has 0 aromatic rings. The molecule has 0 aliphatic rings. The Morgan fingerprint density at radius 1 is 1.17 bits per heavy atom. The van der Waals surface area contributed by atoms with E-state index in [0.29, 0.717) is 6.54 Å². The van der Waals surface area contributed by atoms with Crippen molar-refractivity contribution in [2.24, 2.45) is 5.92 Å². The van der Waals surface area contributed by atoms with Crippen LogP contribution in [0.4, 0.5) is 0 Å². The molecule has 2 N–H and O–H groups in total. The molecule has 0 fully saturated rings. The van der Waals surface area contributed by atoms with Crippen LogP contribution >= 0.6 is 0 Å². The van der Waals surface area contributed by atoms with Gasteiger partial charge < -0.3 is 10.6 Å². The molecular formula is C15H28N2O. The summed E-state index contributed by atoms with van der Waals surface area (Å²) in [6.07, 6.45) is 11.4. The van der Waals surface area contributed by atoms with Crippen molar-refractivity contribution in [1.29, 1.82) is 0 Å². The normalized spacial score (nSPS) is 12.2. The van der Waals surface area contributed by atoms with Gasteiger partial charge in [-0.25, -0.2) is 0 Å². The van der Waals surface area contributed by atoms with Crippen LogP contribution in [0, 0.1) is 18.3 Å². The van der Waals surface area contributed by atoms with Crippen molar-refractivity contribution < 1.29 is 4.79 Å². The monoisotopic (exact) mass is 252 g/mol. The van der Waals surface area contributed by atoms with Crippen molar-refractivity contribution in [2.75, 3.05) is 13.1 Å². The van der Waals surface area contributed by atoms with Crippen molar-refractivity contribution in [3.05, 3.63) is 0 Å². The lowest BCUT2D eigenvalue weighted by atomic mass is 10.0. The third-order valence-corrected chi connectivity index (χ3v) is 2.92. The summed E-state index contributed by atoms with van der Waals surface area (Å²) in [6, 6.07) is -0.158. The molecule has 3 nitrogen and oxygen atoms in total. The molecular weight excluding hydrogens is 224 g/mol. The molecule has 0 radical (unpaired) electrons. The molecule has 0 bridgehead atoms. The number of rotatable bonds is 10. The van der Waals surface area contributed by atoms with E-state index in [2.05, 4.69) is 30.4 Å². The molecule has 0 saturated carbocycles. The van der Waals surface area contributed by atoms with Gasteiger partial charge in [-0.1, -0.05) is 45.5 Å². The fourth-order valence-electron chi connectivity index (χ4n) is 1.73. The topological polar surface area (TPSA) is 41.1 Å². The molecule has 1 unspecified atom stereocenters. The molecule has 1 atom stereocenters. The lowest BCUT2D eigenvalue weighted by Gasteiger charge is -2.12. The van der Waals surface area contributed by atoms with E-state index in [-0.39, 0.29) is 11.9 Å². The molecule has 0 aromatic heterocycles. The van der Waals surface area contributed by atoms with Crippen LogP contribution in [0.1, 0.15) is 52.9 Å². The Morgan fingerprint density at radius 3 is 2.44 bits per heavy atom. The molecule has 0 saturated heterocycles. The van der Waals surface area contributed by atoms with Crippen molar-refractivity contribution in [1.82, 2.24) is 10.6 Å². The smallest absolute Gasteiger partial charge is 0.237 e. The lowest BCUT2D eigenvalue weighted by molar-refractivity contribution is -0.122. The van der Waals surface area contributed by atoms with Crippen LogP contribution in [0.5, 0.6) is 0 Å². The van der Waals surface area contributed by atoms with Gasteiger partial charge in [0.1, 0.15) is 0 Å². The Hall–Kier alpha value is -1.01. The van der Waals surface area contributed by atoms with Gasteiger partial charge in [0.05, 0.1) is 12.6 Å². The average molecular weight is 252 g/mol. The van der Waals surface area contributed by atoms with Crippen LogP contribution in [0.2, 0.25) is 0 Å². The maximum atomic E-state index is 11.5. The standard InChI is InChI=1S/C15H28N2O/c1-5-11-17-15(18)14(4)16-12-9-7-6-8-10-13(2)3/h1,13-14,16H,6-12H2,2-4H3,(H,17,18). The van der Waals surface area contributed by atoms with Gasteiger partial charge in [0.2, 0.25) is 5.91 Å². The first-order valence-corrected chi connectivity index (χ1v) is 7.02. The molecule has 0 aliphatic carbocycles. The summed E-state index contributed by atoms with van der Waals surface area (Å²) in [7, 11) is 0. The molecule has 1 amide bonds. The maximum absolute atomic E-state index is 11.5. The fraction of sp³-hybridized carbons (Fsp3) is 0.800. The SMILES string of the molecule is C#CCNC(=O)C(C)NCCCCCCC(C)C. The van der Waals surface area contributed by atoms with Crippen molar-refractivity contribution in [2.45, 2.75) is 58.9 Å². The molecule has 0 rings (SSSR count). The highest BCUT2D eigenvalue weighted by atomic mass is 16.2. The molecule has 0 aromatic carbocycles. The quantitative estimate of drug-likeness (QED) is 0.463. The van der Waals surface area contributed by atoms with E-state index >= 15 is 0 Å². The predicted octanol–water partition coefficient (Wildman–Crippen LogP) is 2.32. The van der Waals surface area contributed by atoms with E-state index in [9.17, 15) is 4.79 Å². The van der Waals surface area contributed by atoms with Gasteiger partial charge in [-0.3, -0.25) is 4.79 Å². The average Bonchev–Trinajstić information content (AvgIpc) is 2.34. The lowest BCUT2D eigenvalue weighted by Crippen LogP contribution is -2.42. The predicted molar refractivity (Wildman–Crippen MR) is 77.2 cm³/mol. The van der Waals surface area contributed by atoms with E-state index in [1.165, 1.54) is 25.7 Å². The first-order chi connectivity index (χ1) is 8.57. The Kier molecular flexibility index (Phi) is 10.5. The van der Waals surface area contributed by atoms with E-state index in [1.807, 2.05) is 6.92 Å². The molecule has 0 aliphatic heterocycles. The van der Waals surface area contributed by atoms with Gasteiger partial charge >= 0.3 is 0 Å². The molecule has 0 spiro atoms. The summed E-state index contributed by atoms with van der Waals surface area (Å²) >= 11 is 0. The van der Waals surface area contributed by atoms with Gasteiger partial charge in [0.25, 0.3) is 0 Å². The summed E-state index contributed by atoms with van der Waals surface area (Å²) in [5.74, 6) is 3.18. The van der Waals surface area contributed by atoms with Crippen LogP contribution in [-0.4, -0.2) is 25.0 Å². The van der Waals surface area contributed by atoms with Gasteiger partial charge in [0, 0.05) is 0 Å². The Bertz CT molecular complexity index is 256. The number of carbonyl (C=O) groups excluding carboxylic acids is 1. The second kappa shape index (κ2) is 11.1. The van der Waals surface area contributed by atoms with Gasteiger partial charge in [-0.15, -0.1) is 6.42 Å². The number of hydrogen-bond acceptors (Lipinski definition) is 2. The zero-order valence-electron chi connectivity index (χ0n) is 12.1. The molecule has 3 heteroatoms. The first-order valence-electron chi connectivity index (χ1n) is 7.02. The summed E-state index contributed by atoms with van der Waals surface area (Å²) in [4.78, 5) is 11.5. The zero-order chi connectivity index (χ0) is 13.8. The van der Waals surface area contributed by atoms with Crippen LogP contribution in [0.3, 0.4) is 0 Å². The first kappa shape index (κ1) is 17.0. The number of nitrogens with one attached hydrogen (secondary N) is 2. The minimum atomic E-state index is -0.158. The summed E-state index contributed by atoms with van der Waals surface area (Å²) in [6.45, 7) is 7.59. The number of amides is 1. The van der Waals surface area contributed by atoms with E-state index < -0.39 is 0 Å². The maximum Gasteiger partial charge on any atom is 0.237 e. The summed E-state index contributed by atoms with van der Waals surface area (Å²) in [5.41, 5.74) is 0. The van der Waals surface area contributed by atoms with Crippen molar-refractivity contribution in [3.8, 4) is 12.3 Å². The number of unbranched alkanes of at least 4 members (excludes halogenated alkanes) is 3. The number of hydrogen-bond donors (Lipinski definition) is 2. The van der Waals surface area contributed by atoms with Crippen LogP contribution in [-0.2, 0) is 4.79 Å². The highest BCUT2D eigenvalue weighted by Crippen LogP contribution is 2.08. The number of carbonyl (C=O) groups is 1. The van der Waals surface area contributed by atoms with Crippen molar-refractivity contribution in [3.63, 3.8) is 0 Å². The molecule has 18 heavy (non-hydrogen) atoms. The second-order valence-electron chi connectivity index (χ2n) is 5.19. The van der Waals surface area contributed by atoms with E-state index in [4.69, 9.17) is 6.42 Å². The van der Waals surface area contributed by atoms with Gasteiger partial charge in [-0.05, 0) is 25.8 Å². The minimum Gasteiger partial charge on any atom is -0.344 e. The molecule has 104 valence electrons. The summed E-state index contributed by atoms with van der Waals surface area (Å²) in [5, 5.41) is 5.88. The second-order valence-corrected chi connectivity index (χ2v) is 5.19. The van der Waals surface area contributed by atoms with E-state index in [0.717, 1.165) is 18.9 Å². The summed E-state index contributed by atoms with van der Waals surface area (Å²) < 4.78 is 0. The Morgan fingerprint density at radius 2 is 1.83 bits per heavy atom. The third-order valence-electron chi connectivity index (χ3n) is 2.92. The highest BCUT2D eigenvalue weighted by molar-refractivity contribution is 5.81. The van der Waals surface area contributed by atoms with E-state index in [1.54, 1.807) is 0 Å². The van der Waals surface area contributed by atoms with Crippen molar-refractivity contribution >= 4 is 5.91 Å². The highest BCUT2D eigenvalue weighted by Gasteiger charge is 2.09. The zero-order valence-corrected chi connectivity index (χ0v) is 12.1. The van der Waals surface area contributed by atoms with Crippen LogP contribution < -0.4 is 10.6 Å². The Balaban J connectivity index is 3.37. The third kappa shape index (κ3) is 10.2. The van der Waals surface area contributed by atoms with Crippen LogP contribution in [0.15, 0.2) is 0 Å². The minimum absolute atomic E-state index is 0.0206. The van der Waals surface area contributed by atoms with Gasteiger partial charge in [0.15, 0.2) is 0 Å². The molecule has 0 heterocycles. The van der Waals surface area contributed by atoms with Gasteiger partial charge in [-0.2, -0.15) is 0 Å².